The standard InChI is InChI=1S/C21H22N4O3S/c1-13-17-19(22-10-14-5-6-15-16(9-14)28-12-27-15)23-11-24-20(17)29-18(13)21(26)25-7-3-2-4-8-25/h5-6,9,11H,2-4,7-8,10,12H2,1H3,(H,22,23,24). The monoisotopic (exact) mass is 410 g/mol. The zero-order chi connectivity index (χ0) is 19.8. The largest absolute Gasteiger partial charge is 0.454 e. The summed E-state index contributed by atoms with van der Waals surface area (Å²) in [5, 5.41) is 4.33. The maximum absolute atomic E-state index is 13.0. The number of piperidine rings is 1. The van der Waals surface area contributed by atoms with Crippen molar-refractivity contribution in [2.75, 3.05) is 25.2 Å². The van der Waals surface area contributed by atoms with Crippen molar-refractivity contribution < 1.29 is 14.3 Å². The van der Waals surface area contributed by atoms with Gasteiger partial charge in [0, 0.05) is 19.6 Å². The van der Waals surface area contributed by atoms with Crippen molar-refractivity contribution in [3.63, 3.8) is 0 Å². The van der Waals surface area contributed by atoms with E-state index in [2.05, 4.69) is 15.3 Å². The number of benzene rings is 1. The molecule has 29 heavy (non-hydrogen) atoms. The number of carbonyl (C=O) groups excluding carboxylic acids is 1. The van der Waals surface area contributed by atoms with E-state index in [0.717, 1.165) is 69.5 Å². The summed E-state index contributed by atoms with van der Waals surface area (Å²) in [6, 6.07) is 5.89. The lowest BCUT2D eigenvalue weighted by atomic mass is 10.1. The number of hydrogen-bond acceptors (Lipinski definition) is 7. The van der Waals surface area contributed by atoms with E-state index in [1.54, 1.807) is 6.33 Å². The molecule has 7 nitrogen and oxygen atoms in total. The van der Waals surface area contributed by atoms with Crippen molar-refractivity contribution >= 4 is 33.3 Å². The number of nitrogens with zero attached hydrogens (tertiary/aromatic N) is 3. The highest BCUT2D eigenvalue weighted by molar-refractivity contribution is 7.20. The van der Waals surface area contributed by atoms with E-state index in [4.69, 9.17) is 9.47 Å². The van der Waals surface area contributed by atoms with Crippen LogP contribution < -0.4 is 14.8 Å². The number of aromatic nitrogens is 2. The number of nitrogens with one attached hydrogen (secondary N) is 1. The van der Waals surface area contributed by atoms with Crippen LogP contribution in [0.2, 0.25) is 0 Å². The van der Waals surface area contributed by atoms with Crippen LogP contribution in [0.15, 0.2) is 24.5 Å². The minimum atomic E-state index is 0.118. The van der Waals surface area contributed by atoms with Gasteiger partial charge >= 0.3 is 0 Å². The Morgan fingerprint density at radius 3 is 2.86 bits per heavy atom. The molecule has 1 fully saturated rings. The molecule has 0 atom stereocenters. The van der Waals surface area contributed by atoms with Gasteiger partial charge in [-0.2, -0.15) is 0 Å². The summed E-state index contributed by atoms with van der Waals surface area (Å²) in [6.45, 7) is 4.53. The second kappa shape index (κ2) is 7.51. The minimum Gasteiger partial charge on any atom is -0.454 e. The van der Waals surface area contributed by atoms with Crippen molar-refractivity contribution in [1.29, 1.82) is 0 Å². The van der Waals surface area contributed by atoms with Gasteiger partial charge in [0.25, 0.3) is 5.91 Å². The lowest BCUT2D eigenvalue weighted by molar-refractivity contribution is 0.0728. The summed E-state index contributed by atoms with van der Waals surface area (Å²) in [7, 11) is 0. The molecule has 8 heteroatoms. The molecular weight excluding hydrogens is 388 g/mol. The van der Waals surface area contributed by atoms with Gasteiger partial charge in [0.1, 0.15) is 17.0 Å². The molecule has 3 aromatic rings. The summed E-state index contributed by atoms with van der Waals surface area (Å²) in [4.78, 5) is 25.5. The van der Waals surface area contributed by atoms with Gasteiger partial charge in [-0.1, -0.05) is 6.07 Å². The van der Waals surface area contributed by atoms with Crippen molar-refractivity contribution in [3.05, 3.63) is 40.5 Å². The first kappa shape index (κ1) is 18.2. The third-order valence-electron chi connectivity index (χ3n) is 5.46. The molecule has 4 heterocycles. The van der Waals surface area contributed by atoms with E-state index >= 15 is 0 Å². The second-order valence-corrected chi connectivity index (χ2v) is 8.35. The van der Waals surface area contributed by atoms with Gasteiger partial charge in [0.2, 0.25) is 6.79 Å². The summed E-state index contributed by atoms with van der Waals surface area (Å²) in [5.74, 6) is 2.40. The van der Waals surface area contributed by atoms with Gasteiger partial charge in [0.05, 0.1) is 10.3 Å². The van der Waals surface area contributed by atoms with Crippen LogP contribution in [0.5, 0.6) is 11.5 Å². The maximum atomic E-state index is 13.0. The highest BCUT2D eigenvalue weighted by Crippen LogP contribution is 2.35. The molecule has 150 valence electrons. The van der Waals surface area contributed by atoms with Crippen LogP contribution in [-0.2, 0) is 6.54 Å². The van der Waals surface area contributed by atoms with Crippen LogP contribution in [0.1, 0.15) is 40.1 Å². The Labute approximate surface area is 172 Å². The number of hydrogen-bond donors (Lipinski definition) is 1. The SMILES string of the molecule is Cc1c(C(=O)N2CCCCC2)sc2ncnc(NCc3ccc4c(c3)OCO4)c12. The summed E-state index contributed by atoms with van der Waals surface area (Å²) < 4.78 is 10.8. The van der Waals surface area contributed by atoms with E-state index in [-0.39, 0.29) is 12.7 Å². The average Bonchev–Trinajstić information content (AvgIpc) is 3.36. The number of thiophene rings is 1. The van der Waals surface area contributed by atoms with Gasteiger partial charge in [-0.15, -0.1) is 11.3 Å². The highest BCUT2D eigenvalue weighted by atomic mass is 32.1. The Morgan fingerprint density at radius 2 is 2.00 bits per heavy atom. The van der Waals surface area contributed by atoms with Gasteiger partial charge in [0.15, 0.2) is 11.5 Å². The van der Waals surface area contributed by atoms with E-state index < -0.39 is 0 Å². The Balaban J connectivity index is 1.41. The number of fused-ring (bicyclic) bond motifs is 2. The third kappa shape index (κ3) is 3.37. The van der Waals surface area contributed by atoms with E-state index in [1.165, 1.54) is 17.8 Å². The molecule has 2 aliphatic rings. The van der Waals surface area contributed by atoms with Crippen LogP contribution in [0.4, 0.5) is 5.82 Å². The van der Waals surface area contributed by atoms with Gasteiger partial charge in [-0.3, -0.25) is 4.79 Å². The van der Waals surface area contributed by atoms with Crippen LogP contribution in [0, 0.1) is 6.92 Å². The third-order valence-corrected chi connectivity index (χ3v) is 6.65. The molecule has 0 bridgehead atoms. The highest BCUT2D eigenvalue weighted by Gasteiger charge is 2.24. The first-order chi connectivity index (χ1) is 14.2. The zero-order valence-electron chi connectivity index (χ0n) is 16.2. The Morgan fingerprint density at radius 1 is 1.17 bits per heavy atom. The van der Waals surface area contributed by atoms with Crippen LogP contribution in [-0.4, -0.2) is 40.7 Å². The smallest absolute Gasteiger partial charge is 0.264 e. The Hall–Kier alpha value is -2.87. The lowest BCUT2D eigenvalue weighted by Gasteiger charge is -2.26. The first-order valence-electron chi connectivity index (χ1n) is 9.86. The molecule has 0 unspecified atom stereocenters. The van der Waals surface area contributed by atoms with E-state index in [9.17, 15) is 4.79 Å². The summed E-state index contributed by atoms with van der Waals surface area (Å²) >= 11 is 1.46. The van der Waals surface area contributed by atoms with Crippen LogP contribution in [0.3, 0.4) is 0 Å². The predicted molar refractivity (Wildman–Crippen MR) is 112 cm³/mol. The van der Waals surface area contributed by atoms with Crippen molar-refractivity contribution in [2.24, 2.45) is 0 Å². The summed E-state index contributed by atoms with van der Waals surface area (Å²) in [6.07, 6.45) is 4.92. The van der Waals surface area contributed by atoms with Crippen LogP contribution >= 0.6 is 11.3 Å². The number of carbonyl (C=O) groups is 1. The van der Waals surface area contributed by atoms with Gasteiger partial charge < -0.3 is 19.7 Å². The normalized spacial score (nSPS) is 15.7. The van der Waals surface area contributed by atoms with E-state index in [0.29, 0.717) is 6.54 Å². The molecule has 0 radical (unpaired) electrons. The fourth-order valence-electron chi connectivity index (χ4n) is 3.89. The molecule has 1 saturated heterocycles. The Kier molecular flexibility index (Phi) is 4.71. The summed E-state index contributed by atoms with van der Waals surface area (Å²) in [5.41, 5.74) is 2.02. The quantitative estimate of drug-likeness (QED) is 0.701. The topological polar surface area (TPSA) is 76.6 Å². The molecule has 5 rings (SSSR count). The number of ether oxygens (including phenoxy) is 2. The lowest BCUT2D eigenvalue weighted by Crippen LogP contribution is -2.35. The number of anilines is 1. The van der Waals surface area contributed by atoms with Gasteiger partial charge in [-0.25, -0.2) is 9.97 Å². The fourth-order valence-corrected chi connectivity index (χ4v) is 5.00. The maximum Gasteiger partial charge on any atom is 0.264 e. The molecule has 0 aliphatic carbocycles. The Bertz CT molecular complexity index is 1080. The average molecular weight is 410 g/mol. The first-order valence-corrected chi connectivity index (χ1v) is 10.7. The van der Waals surface area contributed by atoms with Crippen molar-refractivity contribution in [3.8, 4) is 11.5 Å². The van der Waals surface area contributed by atoms with Crippen molar-refractivity contribution in [1.82, 2.24) is 14.9 Å². The number of likely N-dealkylation sites (tertiary alicyclic amines) is 1. The van der Waals surface area contributed by atoms with E-state index in [1.807, 2.05) is 30.0 Å². The molecule has 1 amide bonds. The molecule has 1 aromatic carbocycles. The molecule has 0 spiro atoms. The second-order valence-electron chi connectivity index (χ2n) is 7.35. The molecule has 0 saturated carbocycles. The predicted octanol–water partition coefficient (Wildman–Crippen LogP) is 3.97. The van der Waals surface area contributed by atoms with Gasteiger partial charge in [-0.05, 0) is 49.4 Å². The molecule has 2 aliphatic heterocycles. The number of rotatable bonds is 4. The molecule has 1 N–H and O–H groups in total. The number of aryl methyl sites for hydroxylation is 1. The number of amides is 1. The van der Waals surface area contributed by atoms with Crippen molar-refractivity contribution in [2.45, 2.75) is 32.7 Å². The zero-order valence-corrected chi connectivity index (χ0v) is 17.1. The fraction of sp³-hybridized carbons (Fsp3) is 0.381. The molecular formula is C21H22N4O3S. The van der Waals surface area contributed by atoms with Crippen LogP contribution in [0.25, 0.3) is 10.2 Å². The molecule has 2 aromatic heterocycles. The minimum absolute atomic E-state index is 0.118.